The van der Waals surface area contributed by atoms with E-state index in [0.29, 0.717) is 13.1 Å². The molecule has 1 aliphatic rings. The molecule has 0 aromatic rings. The molecule has 0 bridgehead atoms. The molecule has 1 heterocycles. The summed E-state index contributed by atoms with van der Waals surface area (Å²) in [5, 5.41) is 2.62. The number of rotatable bonds is 2. The second-order valence-electron chi connectivity index (χ2n) is 3.12. The van der Waals surface area contributed by atoms with Crippen molar-refractivity contribution in [3.8, 4) is 12.3 Å². The van der Waals surface area contributed by atoms with Gasteiger partial charge in [-0.15, -0.1) is 12.3 Å². The molecule has 0 radical (unpaired) electrons. The molecule has 5 heteroatoms. The van der Waals surface area contributed by atoms with E-state index in [9.17, 15) is 9.59 Å². The molecule has 1 atom stereocenters. The number of carbonyl (C=O) groups excluding carboxylic acids is 2. The van der Waals surface area contributed by atoms with Crippen molar-refractivity contribution < 1.29 is 9.59 Å². The van der Waals surface area contributed by atoms with E-state index in [1.807, 2.05) is 0 Å². The summed E-state index contributed by atoms with van der Waals surface area (Å²) in [7, 11) is 0. The number of piperazine rings is 1. The Morgan fingerprint density at radius 3 is 3.07 bits per heavy atom. The quantitative estimate of drug-likeness (QED) is 0.515. The van der Waals surface area contributed by atoms with Crippen LogP contribution in [0.4, 0.5) is 0 Å². The van der Waals surface area contributed by atoms with Gasteiger partial charge in [-0.2, -0.15) is 0 Å². The first kappa shape index (κ1) is 10.5. The van der Waals surface area contributed by atoms with Crippen LogP contribution in [-0.2, 0) is 9.59 Å². The summed E-state index contributed by atoms with van der Waals surface area (Å²) < 4.78 is 0. The highest BCUT2D eigenvalue weighted by Crippen LogP contribution is 1.99. The van der Waals surface area contributed by atoms with Crippen LogP contribution in [0.1, 0.15) is 6.42 Å². The van der Waals surface area contributed by atoms with Crippen LogP contribution in [0.15, 0.2) is 0 Å². The summed E-state index contributed by atoms with van der Waals surface area (Å²) in [6, 6.07) is -0.689. The number of hydrogen-bond donors (Lipinski definition) is 2. The first-order valence-electron chi connectivity index (χ1n) is 4.39. The molecule has 0 aliphatic carbocycles. The molecule has 1 aliphatic heterocycles. The largest absolute Gasteiger partial charge is 0.353 e. The maximum absolute atomic E-state index is 11.6. The van der Waals surface area contributed by atoms with Crippen molar-refractivity contribution in [3.05, 3.63) is 0 Å². The molecule has 1 rings (SSSR count). The van der Waals surface area contributed by atoms with E-state index in [4.69, 9.17) is 12.2 Å². The Labute approximate surface area is 82.6 Å². The summed E-state index contributed by atoms with van der Waals surface area (Å²) in [6.07, 6.45) is 5.25. The van der Waals surface area contributed by atoms with Gasteiger partial charge >= 0.3 is 0 Å². The van der Waals surface area contributed by atoms with Crippen molar-refractivity contribution in [2.45, 2.75) is 12.5 Å². The molecule has 3 N–H and O–H groups in total. The Morgan fingerprint density at radius 2 is 2.50 bits per heavy atom. The molecular formula is C9H13N3O2. The molecule has 76 valence electrons. The van der Waals surface area contributed by atoms with Gasteiger partial charge in [0.25, 0.3) is 0 Å². The summed E-state index contributed by atoms with van der Waals surface area (Å²) in [6.45, 7) is 1.06. The third-order valence-electron chi connectivity index (χ3n) is 2.00. The van der Waals surface area contributed by atoms with E-state index in [0.717, 1.165) is 0 Å². The number of nitrogens with zero attached hydrogens (tertiary/aromatic N) is 1. The fourth-order valence-corrected chi connectivity index (χ4v) is 1.28. The predicted octanol–water partition coefficient (Wildman–Crippen LogP) is -1.70. The average molecular weight is 195 g/mol. The van der Waals surface area contributed by atoms with Crippen molar-refractivity contribution in [2.24, 2.45) is 5.73 Å². The van der Waals surface area contributed by atoms with Gasteiger partial charge in [0.1, 0.15) is 0 Å². The lowest BCUT2D eigenvalue weighted by molar-refractivity contribution is -0.139. The van der Waals surface area contributed by atoms with E-state index in [-0.39, 0.29) is 24.8 Å². The van der Waals surface area contributed by atoms with Crippen molar-refractivity contribution in [2.75, 3.05) is 19.6 Å². The topological polar surface area (TPSA) is 75.4 Å². The lowest BCUT2D eigenvalue weighted by atomic mass is 10.2. The molecule has 5 nitrogen and oxygen atoms in total. The zero-order valence-electron chi connectivity index (χ0n) is 7.82. The highest BCUT2D eigenvalue weighted by atomic mass is 16.2. The van der Waals surface area contributed by atoms with Gasteiger partial charge in [-0.25, -0.2) is 0 Å². The number of amides is 2. The van der Waals surface area contributed by atoms with E-state index >= 15 is 0 Å². The molecule has 0 aromatic carbocycles. The fraction of sp³-hybridized carbons (Fsp3) is 0.556. The Morgan fingerprint density at radius 1 is 1.79 bits per heavy atom. The van der Waals surface area contributed by atoms with Crippen molar-refractivity contribution in [1.29, 1.82) is 0 Å². The molecular weight excluding hydrogens is 182 g/mol. The van der Waals surface area contributed by atoms with Gasteiger partial charge in [-0.05, 0) is 0 Å². The SMILES string of the molecule is C#CCC(N)C(=O)N1CCNC(=O)C1. The number of carbonyl (C=O) groups is 2. The van der Waals surface area contributed by atoms with Gasteiger partial charge in [-0.1, -0.05) is 0 Å². The number of nitrogens with one attached hydrogen (secondary N) is 1. The van der Waals surface area contributed by atoms with Crippen LogP contribution in [0, 0.1) is 12.3 Å². The second kappa shape index (κ2) is 4.63. The summed E-state index contributed by atoms with van der Waals surface area (Å²) in [5.74, 6) is 1.92. The molecule has 1 fully saturated rings. The van der Waals surface area contributed by atoms with Gasteiger partial charge in [0.15, 0.2) is 0 Å². The van der Waals surface area contributed by atoms with E-state index in [1.165, 1.54) is 4.90 Å². The molecule has 0 spiro atoms. The molecule has 0 aromatic heterocycles. The standard InChI is InChI=1S/C9H13N3O2/c1-2-3-7(10)9(14)12-5-4-11-8(13)6-12/h1,7H,3-6,10H2,(H,11,13). The van der Waals surface area contributed by atoms with Crippen LogP contribution in [0.5, 0.6) is 0 Å². The summed E-state index contributed by atoms with van der Waals surface area (Å²) in [5.41, 5.74) is 5.54. The van der Waals surface area contributed by atoms with Gasteiger partial charge in [-0.3, -0.25) is 9.59 Å². The zero-order valence-corrected chi connectivity index (χ0v) is 7.82. The van der Waals surface area contributed by atoms with Crippen LogP contribution in [-0.4, -0.2) is 42.4 Å². The van der Waals surface area contributed by atoms with Crippen LogP contribution < -0.4 is 11.1 Å². The van der Waals surface area contributed by atoms with E-state index < -0.39 is 6.04 Å². The third-order valence-corrected chi connectivity index (χ3v) is 2.00. The minimum Gasteiger partial charge on any atom is -0.353 e. The Hall–Kier alpha value is -1.54. The maximum atomic E-state index is 11.6. The van der Waals surface area contributed by atoms with Gasteiger partial charge < -0.3 is 16.0 Å². The molecule has 2 amide bonds. The Kier molecular flexibility index (Phi) is 3.48. The Balaban J connectivity index is 2.51. The van der Waals surface area contributed by atoms with Crippen molar-refractivity contribution in [1.82, 2.24) is 10.2 Å². The van der Waals surface area contributed by atoms with Crippen LogP contribution in [0.25, 0.3) is 0 Å². The number of nitrogens with two attached hydrogens (primary N) is 1. The molecule has 0 saturated carbocycles. The fourth-order valence-electron chi connectivity index (χ4n) is 1.28. The van der Waals surface area contributed by atoms with Gasteiger partial charge in [0.2, 0.25) is 11.8 Å². The first-order valence-corrected chi connectivity index (χ1v) is 4.39. The Bertz CT molecular complexity index is 282. The molecule has 1 saturated heterocycles. The second-order valence-corrected chi connectivity index (χ2v) is 3.12. The maximum Gasteiger partial charge on any atom is 0.241 e. The average Bonchev–Trinajstić information content (AvgIpc) is 2.17. The zero-order chi connectivity index (χ0) is 10.6. The number of terminal acetylenes is 1. The smallest absolute Gasteiger partial charge is 0.241 e. The monoisotopic (exact) mass is 195 g/mol. The normalized spacial score (nSPS) is 18.3. The van der Waals surface area contributed by atoms with Crippen molar-refractivity contribution >= 4 is 11.8 Å². The predicted molar refractivity (Wildman–Crippen MR) is 51.0 cm³/mol. The lowest BCUT2D eigenvalue weighted by Gasteiger charge is -2.28. The summed E-state index contributed by atoms with van der Waals surface area (Å²) >= 11 is 0. The highest BCUT2D eigenvalue weighted by Gasteiger charge is 2.24. The van der Waals surface area contributed by atoms with Crippen LogP contribution >= 0.6 is 0 Å². The van der Waals surface area contributed by atoms with Crippen LogP contribution in [0.2, 0.25) is 0 Å². The molecule has 14 heavy (non-hydrogen) atoms. The summed E-state index contributed by atoms with van der Waals surface area (Å²) in [4.78, 5) is 24.0. The number of hydrogen-bond acceptors (Lipinski definition) is 3. The molecule has 1 unspecified atom stereocenters. The highest BCUT2D eigenvalue weighted by molar-refractivity contribution is 5.88. The van der Waals surface area contributed by atoms with E-state index in [1.54, 1.807) is 0 Å². The van der Waals surface area contributed by atoms with Crippen LogP contribution in [0.3, 0.4) is 0 Å². The minimum atomic E-state index is -0.689. The lowest BCUT2D eigenvalue weighted by Crippen LogP contribution is -2.54. The van der Waals surface area contributed by atoms with Gasteiger partial charge in [0.05, 0.1) is 12.6 Å². The van der Waals surface area contributed by atoms with Gasteiger partial charge in [0, 0.05) is 19.5 Å². The minimum absolute atomic E-state index is 0.0805. The van der Waals surface area contributed by atoms with E-state index in [2.05, 4.69) is 11.2 Å². The first-order chi connectivity index (χ1) is 6.65. The third kappa shape index (κ3) is 2.47. The van der Waals surface area contributed by atoms with Crippen molar-refractivity contribution in [3.63, 3.8) is 0 Å².